The van der Waals surface area contributed by atoms with Crippen molar-refractivity contribution >= 4 is 11.9 Å². The van der Waals surface area contributed by atoms with E-state index in [9.17, 15) is 9.59 Å². The molecule has 2 bridgehead atoms. The summed E-state index contributed by atoms with van der Waals surface area (Å²) >= 11 is 0. The highest BCUT2D eigenvalue weighted by atomic mass is 16.2. The van der Waals surface area contributed by atoms with E-state index >= 15 is 0 Å². The fourth-order valence-electron chi connectivity index (χ4n) is 6.66. The van der Waals surface area contributed by atoms with Gasteiger partial charge in [0.25, 0.3) is 5.91 Å². The number of carbonyl (C=O) groups is 2. The molecule has 2 saturated heterocycles. The summed E-state index contributed by atoms with van der Waals surface area (Å²) in [6, 6.07) is 9.91. The summed E-state index contributed by atoms with van der Waals surface area (Å²) in [4.78, 5) is 27.6. The molecule has 31 heavy (non-hydrogen) atoms. The number of hydrogen-bond acceptors (Lipinski definition) is 3. The Morgan fingerprint density at radius 1 is 1.06 bits per heavy atom. The van der Waals surface area contributed by atoms with E-state index < -0.39 is 5.54 Å². The molecule has 166 valence electrons. The van der Waals surface area contributed by atoms with Gasteiger partial charge in [0.1, 0.15) is 5.54 Å². The summed E-state index contributed by atoms with van der Waals surface area (Å²) in [6.45, 7) is 7.93. The van der Waals surface area contributed by atoms with Crippen molar-refractivity contribution in [3.63, 3.8) is 0 Å². The number of nitrogens with zero attached hydrogens (tertiary/aromatic N) is 1. The predicted molar refractivity (Wildman–Crippen MR) is 121 cm³/mol. The number of piperidine rings is 1. The lowest BCUT2D eigenvalue weighted by atomic mass is 9.49. The topological polar surface area (TPSA) is 61.4 Å². The molecular formula is C26H35N3O2. The second kappa shape index (κ2) is 7.77. The number of nitrogens with one attached hydrogen (secondary N) is 2. The molecule has 3 amide bonds. The van der Waals surface area contributed by atoms with Crippen molar-refractivity contribution in [3.8, 4) is 0 Å². The minimum atomic E-state index is -0.772. The van der Waals surface area contributed by atoms with Crippen LogP contribution in [-0.2, 0) is 11.2 Å². The number of likely N-dealkylation sites (tertiary alicyclic amines) is 1. The van der Waals surface area contributed by atoms with Gasteiger partial charge in [0.15, 0.2) is 0 Å². The Bertz CT molecular complexity index is 885. The number of rotatable bonds is 6. The van der Waals surface area contributed by atoms with Gasteiger partial charge < -0.3 is 5.32 Å². The molecule has 3 fully saturated rings. The zero-order valence-corrected chi connectivity index (χ0v) is 18.8. The summed E-state index contributed by atoms with van der Waals surface area (Å²) in [5, 5.41) is 5.57. The largest absolute Gasteiger partial charge is 0.323 e. The van der Waals surface area contributed by atoms with Crippen LogP contribution in [0.25, 0.3) is 0 Å². The maximum Gasteiger partial charge on any atom is 0.322 e. The van der Waals surface area contributed by atoms with E-state index in [0.717, 1.165) is 50.7 Å². The Hall–Kier alpha value is -2.14. The molecular weight excluding hydrogens is 386 g/mol. The Morgan fingerprint density at radius 3 is 2.42 bits per heavy atom. The highest BCUT2D eigenvalue weighted by molar-refractivity contribution is 6.07. The SMILES string of the molecule is CC1(C)[C@H]2CC=C(CN3CCC(C4(CCc5ccccc5)NC(=O)NC4=O)CC3)[C@@H]1C2. The van der Waals surface area contributed by atoms with Crippen molar-refractivity contribution in [1.82, 2.24) is 15.5 Å². The molecule has 5 nitrogen and oxygen atoms in total. The fourth-order valence-corrected chi connectivity index (χ4v) is 6.66. The highest BCUT2D eigenvalue weighted by Crippen LogP contribution is 2.59. The maximum absolute atomic E-state index is 12.9. The third kappa shape index (κ3) is 3.61. The first-order valence-electron chi connectivity index (χ1n) is 12.0. The van der Waals surface area contributed by atoms with E-state index in [2.05, 4.69) is 47.6 Å². The van der Waals surface area contributed by atoms with Crippen LogP contribution in [0, 0.1) is 23.2 Å². The normalized spacial score (nSPS) is 32.8. The Kier molecular flexibility index (Phi) is 5.20. The lowest BCUT2D eigenvalue weighted by Crippen LogP contribution is -2.56. The minimum Gasteiger partial charge on any atom is -0.323 e. The molecule has 2 heterocycles. The van der Waals surface area contributed by atoms with Gasteiger partial charge >= 0.3 is 6.03 Å². The molecule has 5 aliphatic rings. The Morgan fingerprint density at radius 2 is 1.81 bits per heavy atom. The van der Waals surface area contributed by atoms with Crippen molar-refractivity contribution in [2.75, 3.05) is 19.6 Å². The Balaban J connectivity index is 1.23. The molecule has 2 N–H and O–H groups in total. The average molecular weight is 422 g/mol. The number of aryl methyl sites for hydroxylation is 1. The van der Waals surface area contributed by atoms with Gasteiger partial charge in [-0.3, -0.25) is 15.0 Å². The first-order valence-corrected chi connectivity index (χ1v) is 12.0. The predicted octanol–water partition coefficient (Wildman–Crippen LogP) is 3.90. The van der Waals surface area contributed by atoms with E-state index in [1.807, 2.05) is 18.2 Å². The Labute approximate surface area is 185 Å². The van der Waals surface area contributed by atoms with E-state index in [1.54, 1.807) is 5.57 Å². The van der Waals surface area contributed by atoms with Crippen molar-refractivity contribution in [1.29, 1.82) is 0 Å². The molecule has 6 rings (SSSR count). The zero-order chi connectivity index (χ0) is 21.6. The van der Waals surface area contributed by atoms with Gasteiger partial charge in [0, 0.05) is 6.54 Å². The number of allylic oxidation sites excluding steroid dienone is 1. The number of imide groups is 1. The molecule has 1 unspecified atom stereocenters. The number of fused-ring (bicyclic) bond motifs is 1. The van der Waals surface area contributed by atoms with Gasteiger partial charge in [-0.2, -0.15) is 0 Å². The van der Waals surface area contributed by atoms with Crippen molar-refractivity contribution in [3.05, 3.63) is 47.5 Å². The van der Waals surface area contributed by atoms with E-state index in [-0.39, 0.29) is 17.9 Å². The van der Waals surface area contributed by atoms with Crippen LogP contribution in [0.1, 0.15) is 51.5 Å². The van der Waals surface area contributed by atoms with Crippen LogP contribution in [-0.4, -0.2) is 42.0 Å². The summed E-state index contributed by atoms with van der Waals surface area (Å²) in [7, 11) is 0. The molecule has 1 aromatic rings. The number of benzene rings is 1. The second-order valence-corrected chi connectivity index (χ2v) is 10.7. The summed E-state index contributed by atoms with van der Waals surface area (Å²) in [5.74, 6) is 1.68. The number of hydrogen-bond donors (Lipinski definition) is 2. The van der Waals surface area contributed by atoms with E-state index in [4.69, 9.17) is 0 Å². The lowest BCUT2D eigenvalue weighted by molar-refractivity contribution is -0.127. The molecule has 1 saturated carbocycles. The molecule has 2 aliphatic heterocycles. The number of urea groups is 1. The molecule has 5 heteroatoms. The zero-order valence-electron chi connectivity index (χ0n) is 18.8. The van der Waals surface area contributed by atoms with Crippen LogP contribution in [0.15, 0.2) is 42.0 Å². The molecule has 1 aromatic carbocycles. The first kappa shape index (κ1) is 20.7. The fraction of sp³-hybridized carbons (Fsp3) is 0.615. The van der Waals surface area contributed by atoms with Gasteiger partial charge in [0.2, 0.25) is 0 Å². The van der Waals surface area contributed by atoms with Crippen LogP contribution < -0.4 is 10.6 Å². The lowest BCUT2D eigenvalue weighted by Gasteiger charge is -2.57. The van der Waals surface area contributed by atoms with Crippen LogP contribution >= 0.6 is 0 Å². The van der Waals surface area contributed by atoms with Crippen LogP contribution in [0.5, 0.6) is 0 Å². The third-order valence-electron chi connectivity index (χ3n) is 8.89. The van der Waals surface area contributed by atoms with Crippen molar-refractivity contribution < 1.29 is 9.59 Å². The summed E-state index contributed by atoms with van der Waals surface area (Å²) in [6.07, 6.45) is 8.46. The van der Waals surface area contributed by atoms with Crippen LogP contribution in [0.2, 0.25) is 0 Å². The quantitative estimate of drug-likeness (QED) is 0.541. The third-order valence-corrected chi connectivity index (χ3v) is 8.89. The average Bonchev–Trinajstić information content (AvgIpc) is 3.07. The highest BCUT2D eigenvalue weighted by Gasteiger charge is 2.53. The molecule has 3 atom stereocenters. The number of carbonyl (C=O) groups excluding carboxylic acids is 2. The molecule has 0 aromatic heterocycles. The van der Waals surface area contributed by atoms with Crippen molar-refractivity contribution in [2.24, 2.45) is 23.2 Å². The van der Waals surface area contributed by atoms with Crippen molar-refractivity contribution in [2.45, 2.75) is 57.9 Å². The standard InChI is InChI=1S/C26H35N3O2/c1-25(2)21-9-8-19(22(25)16-21)17-29-14-11-20(12-15-29)26(23(30)27-24(31)28-26)13-10-18-6-4-3-5-7-18/h3-8,20-22H,9-17H2,1-2H3,(H2,27,28,30,31)/t21-,22-,26?/m0/s1. The maximum atomic E-state index is 12.9. The van der Waals surface area contributed by atoms with Crippen LogP contribution in [0.4, 0.5) is 4.79 Å². The van der Waals surface area contributed by atoms with Gasteiger partial charge in [-0.15, -0.1) is 0 Å². The summed E-state index contributed by atoms with van der Waals surface area (Å²) < 4.78 is 0. The first-order chi connectivity index (χ1) is 14.9. The second-order valence-electron chi connectivity index (χ2n) is 10.7. The molecule has 0 radical (unpaired) electrons. The molecule has 3 aliphatic carbocycles. The number of amides is 3. The van der Waals surface area contributed by atoms with E-state index in [1.165, 1.54) is 18.4 Å². The van der Waals surface area contributed by atoms with Crippen LogP contribution in [0.3, 0.4) is 0 Å². The van der Waals surface area contributed by atoms with Gasteiger partial charge in [-0.1, -0.05) is 55.8 Å². The van der Waals surface area contributed by atoms with Gasteiger partial charge in [-0.05, 0) is 80.3 Å². The monoisotopic (exact) mass is 421 g/mol. The minimum absolute atomic E-state index is 0.135. The smallest absolute Gasteiger partial charge is 0.322 e. The van der Waals surface area contributed by atoms with E-state index in [0.29, 0.717) is 11.8 Å². The molecule has 0 spiro atoms. The van der Waals surface area contributed by atoms with Gasteiger partial charge in [-0.25, -0.2) is 4.79 Å². The van der Waals surface area contributed by atoms with Gasteiger partial charge in [0.05, 0.1) is 0 Å². The summed E-state index contributed by atoms with van der Waals surface area (Å²) in [5.41, 5.74) is 2.54.